The summed E-state index contributed by atoms with van der Waals surface area (Å²) in [6.45, 7) is 8.76. The Morgan fingerprint density at radius 3 is 2.54 bits per heavy atom. The molecule has 0 amide bonds. The minimum Gasteiger partial charge on any atom is -0.495 e. The van der Waals surface area contributed by atoms with Crippen LogP contribution < -0.4 is 9.64 Å². The van der Waals surface area contributed by atoms with E-state index in [1.54, 1.807) is 7.11 Å². The highest BCUT2D eigenvalue weighted by atomic mass is 35.5. The summed E-state index contributed by atoms with van der Waals surface area (Å²) in [4.78, 5) is 6.92. The molecule has 2 aromatic rings. The third kappa shape index (κ3) is 3.36. The van der Waals surface area contributed by atoms with Crippen molar-refractivity contribution < 1.29 is 4.74 Å². The fourth-order valence-corrected chi connectivity index (χ4v) is 3.59. The van der Waals surface area contributed by atoms with Gasteiger partial charge in [-0.15, -0.1) is 0 Å². The standard InChI is InChI=1S/C22H25ClN2O/c1-14-9-20-18(15(2)12-22(3,4)25(20)5)10-16(14)13-24-17-7-8-21(26-6)19(23)11-17/h7-13H,1-6H3. The van der Waals surface area contributed by atoms with E-state index in [0.717, 1.165) is 11.3 Å². The number of aryl methyl sites for hydroxylation is 1. The highest BCUT2D eigenvalue weighted by Crippen LogP contribution is 2.39. The molecule has 136 valence electrons. The summed E-state index contributed by atoms with van der Waals surface area (Å²) in [6.07, 6.45) is 4.22. The monoisotopic (exact) mass is 368 g/mol. The molecule has 0 fully saturated rings. The zero-order valence-corrected chi connectivity index (χ0v) is 17.0. The topological polar surface area (TPSA) is 24.8 Å². The van der Waals surface area contributed by atoms with Crippen LogP contribution >= 0.6 is 11.6 Å². The van der Waals surface area contributed by atoms with E-state index in [2.05, 4.69) is 62.8 Å². The zero-order valence-electron chi connectivity index (χ0n) is 16.2. The molecule has 0 saturated carbocycles. The summed E-state index contributed by atoms with van der Waals surface area (Å²) in [7, 11) is 3.75. The van der Waals surface area contributed by atoms with Crippen molar-refractivity contribution in [2.75, 3.05) is 19.1 Å². The molecular weight excluding hydrogens is 344 g/mol. The SMILES string of the molecule is COc1ccc(N=Cc2cc3c(cc2C)N(C)C(C)(C)C=C3C)cc1Cl. The third-order valence-electron chi connectivity index (χ3n) is 5.09. The minimum absolute atomic E-state index is 0.0129. The van der Waals surface area contributed by atoms with Crippen molar-refractivity contribution in [1.82, 2.24) is 0 Å². The van der Waals surface area contributed by atoms with Crippen LogP contribution in [0.1, 0.15) is 37.5 Å². The molecule has 0 atom stereocenters. The van der Waals surface area contributed by atoms with Gasteiger partial charge in [-0.1, -0.05) is 17.7 Å². The highest BCUT2D eigenvalue weighted by molar-refractivity contribution is 6.32. The van der Waals surface area contributed by atoms with Crippen LogP contribution in [0.2, 0.25) is 5.02 Å². The van der Waals surface area contributed by atoms with Crippen LogP contribution in [-0.4, -0.2) is 25.9 Å². The number of allylic oxidation sites excluding steroid dienone is 1. The second-order valence-corrected chi connectivity index (χ2v) is 7.75. The quantitative estimate of drug-likeness (QED) is 0.617. The van der Waals surface area contributed by atoms with Crippen LogP contribution in [-0.2, 0) is 0 Å². The molecule has 0 unspecified atom stereocenters. The average molecular weight is 369 g/mol. The van der Waals surface area contributed by atoms with E-state index in [0.29, 0.717) is 10.8 Å². The van der Waals surface area contributed by atoms with E-state index >= 15 is 0 Å². The van der Waals surface area contributed by atoms with Crippen LogP contribution in [0.25, 0.3) is 5.57 Å². The first-order chi connectivity index (χ1) is 12.2. The molecule has 26 heavy (non-hydrogen) atoms. The number of hydrogen-bond acceptors (Lipinski definition) is 3. The van der Waals surface area contributed by atoms with Gasteiger partial charge in [0, 0.05) is 24.5 Å². The van der Waals surface area contributed by atoms with Gasteiger partial charge in [0.1, 0.15) is 5.75 Å². The van der Waals surface area contributed by atoms with Crippen molar-refractivity contribution in [2.24, 2.45) is 4.99 Å². The lowest BCUT2D eigenvalue weighted by Crippen LogP contribution is -2.42. The fourth-order valence-electron chi connectivity index (χ4n) is 3.34. The van der Waals surface area contributed by atoms with Crippen molar-refractivity contribution in [3.8, 4) is 5.75 Å². The summed E-state index contributed by atoms with van der Waals surface area (Å²) in [5, 5.41) is 0.562. The molecule has 0 N–H and O–H groups in total. The molecule has 2 aromatic carbocycles. The first kappa shape index (κ1) is 18.5. The van der Waals surface area contributed by atoms with Gasteiger partial charge < -0.3 is 9.64 Å². The Balaban J connectivity index is 1.98. The molecule has 4 heteroatoms. The number of fused-ring (bicyclic) bond motifs is 1. The van der Waals surface area contributed by atoms with Crippen LogP contribution in [0, 0.1) is 6.92 Å². The van der Waals surface area contributed by atoms with Crippen LogP contribution in [0.5, 0.6) is 5.75 Å². The maximum Gasteiger partial charge on any atom is 0.137 e. The predicted molar refractivity (Wildman–Crippen MR) is 113 cm³/mol. The lowest BCUT2D eigenvalue weighted by atomic mass is 9.87. The third-order valence-corrected chi connectivity index (χ3v) is 5.39. The smallest absolute Gasteiger partial charge is 0.137 e. The number of likely N-dealkylation sites (N-methyl/N-ethyl adjacent to an activating group) is 1. The minimum atomic E-state index is 0.0129. The van der Waals surface area contributed by atoms with Crippen molar-refractivity contribution in [1.29, 1.82) is 0 Å². The normalized spacial score (nSPS) is 15.8. The van der Waals surface area contributed by atoms with Gasteiger partial charge in [-0.2, -0.15) is 0 Å². The zero-order chi connectivity index (χ0) is 19.1. The van der Waals surface area contributed by atoms with Crippen molar-refractivity contribution >= 4 is 34.8 Å². The Morgan fingerprint density at radius 1 is 1.15 bits per heavy atom. The summed E-state index contributed by atoms with van der Waals surface area (Å²) in [5.74, 6) is 0.655. The van der Waals surface area contributed by atoms with E-state index in [9.17, 15) is 0 Å². The Hall–Kier alpha value is -2.26. The molecule has 1 aliphatic heterocycles. The van der Waals surface area contributed by atoms with E-state index in [1.165, 1.54) is 22.4 Å². The number of methoxy groups -OCH3 is 1. The first-order valence-corrected chi connectivity index (χ1v) is 9.06. The molecule has 0 spiro atoms. The Morgan fingerprint density at radius 2 is 1.88 bits per heavy atom. The van der Waals surface area contributed by atoms with Gasteiger partial charge >= 0.3 is 0 Å². The molecule has 0 aliphatic carbocycles. The van der Waals surface area contributed by atoms with Crippen LogP contribution in [0.4, 0.5) is 11.4 Å². The van der Waals surface area contributed by atoms with E-state index in [1.807, 2.05) is 24.4 Å². The fraction of sp³-hybridized carbons (Fsp3) is 0.318. The number of halogens is 1. The van der Waals surface area contributed by atoms with Gasteiger partial charge in [-0.05, 0) is 74.7 Å². The second kappa shape index (κ2) is 6.81. The Kier molecular flexibility index (Phi) is 4.85. The average Bonchev–Trinajstić information content (AvgIpc) is 2.58. The van der Waals surface area contributed by atoms with Crippen LogP contribution in [0.15, 0.2) is 41.4 Å². The summed E-state index contributed by atoms with van der Waals surface area (Å²) in [6, 6.07) is 10.0. The predicted octanol–water partition coefficient (Wildman–Crippen LogP) is 6.04. The van der Waals surface area contributed by atoms with Gasteiger partial charge in [-0.3, -0.25) is 4.99 Å². The molecule has 0 saturated heterocycles. The largest absolute Gasteiger partial charge is 0.495 e. The molecule has 0 radical (unpaired) electrons. The van der Waals surface area contributed by atoms with E-state index in [-0.39, 0.29) is 5.54 Å². The number of nitrogens with zero attached hydrogens (tertiary/aromatic N) is 2. The number of benzene rings is 2. The number of aliphatic imine (C=N–C) groups is 1. The lowest BCUT2D eigenvalue weighted by molar-refractivity contribution is 0.415. The van der Waals surface area contributed by atoms with Crippen LogP contribution in [0.3, 0.4) is 0 Å². The number of hydrogen-bond donors (Lipinski definition) is 0. The van der Waals surface area contributed by atoms with Gasteiger partial charge in [-0.25, -0.2) is 0 Å². The molecule has 3 rings (SSSR count). The van der Waals surface area contributed by atoms with Crippen molar-refractivity contribution in [2.45, 2.75) is 33.2 Å². The molecule has 0 aromatic heterocycles. The summed E-state index contributed by atoms with van der Waals surface area (Å²) < 4.78 is 5.19. The van der Waals surface area contributed by atoms with Gasteiger partial charge in [0.05, 0.1) is 23.4 Å². The molecule has 1 heterocycles. The van der Waals surface area contributed by atoms with E-state index < -0.39 is 0 Å². The van der Waals surface area contributed by atoms with Crippen molar-refractivity contribution in [3.63, 3.8) is 0 Å². The summed E-state index contributed by atoms with van der Waals surface area (Å²) in [5.41, 5.74) is 6.94. The molecule has 3 nitrogen and oxygen atoms in total. The lowest BCUT2D eigenvalue weighted by Gasteiger charge is -2.41. The Labute approximate surface area is 161 Å². The first-order valence-electron chi connectivity index (χ1n) is 8.69. The van der Waals surface area contributed by atoms with Gasteiger partial charge in [0.15, 0.2) is 0 Å². The Bertz CT molecular complexity index is 913. The number of rotatable bonds is 3. The highest BCUT2D eigenvalue weighted by Gasteiger charge is 2.28. The number of ether oxygens (including phenoxy) is 1. The van der Waals surface area contributed by atoms with Crippen molar-refractivity contribution in [3.05, 3.63) is 58.1 Å². The maximum atomic E-state index is 6.19. The number of anilines is 1. The summed E-state index contributed by atoms with van der Waals surface area (Å²) >= 11 is 6.19. The maximum absolute atomic E-state index is 6.19. The van der Waals surface area contributed by atoms with Gasteiger partial charge in [0.2, 0.25) is 0 Å². The molecule has 1 aliphatic rings. The second-order valence-electron chi connectivity index (χ2n) is 7.34. The van der Waals surface area contributed by atoms with Gasteiger partial charge in [0.25, 0.3) is 0 Å². The van der Waals surface area contributed by atoms with E-state index in [4.69, 9.17) is 16.3 Å². The molecule has 0 bridgehead atoms. The molecular formula is C22H25ClN2O.